The first kappa shape index (κ1) is 9.23. The molecule has 0 saturated carbocycles. The number of hydrogen-bond acceptors (Lipinski definition) is 3. The lowest BCUT2D eigenvalue weighted by Gasteiger charge is -1.93. The number of halogens is 1. The first-order valence-electron chi connectivity index (χ1n) is 3.03. The van der Waals surface area contributed by atoms with E-state index in [2.05, 4.69) is 21.7 Å². The molecule has 0 saturated heterocycles. The Kier molecular flexibility index (Phi) is 7.60. The predicted molar refractivity (Wildman–Crippen MR) is 39.2 cm³/mol. The fourth-order valence-electron chi connectivity index (χ4n) is 0.447. The number of hydrogen-bond donors (Lipinski definition) is 0. The zero-order valence-electron chi connectivity index (χ0n) is 5.79. The van der Waals surface area contributed by atoms with Crippen molar-refractivity contribution in [1.29, 1.82) is 0 Å². The summed E-state index contributed by atoms with van der Waals surface area (Å²) in [5.41, 5.74) is 0. The number of nitrogens with zero attached hydrogens (tertiary/aromatic N) is 2. The first-order chi connectivity index (χ1) is 4.91. The van der Waals surface area contributed by atoms with Gasteiger partial charge in [0.25, 0.3) is 0 Å². The summed E-state index contributed by atoms with van der Waals surface area (Å²) < 4.78 is 15.7. The summed E-state index contributed by atoms with van der Waals surface area (Å²) in [7, 11) is 0. The molecule has 0 aliphatic carbocycles. The van der Waals surface area contributed by atoms with Gasteiger partial charge in [-0.2, -0.15) is 10.2 Å². The van der Waals surface area contributed by atoms with Gasteiger partial charge in [-0.15, -0.1) is 0 Å². The number of unbranched alkanes of at least 4 members (excludes halogenated alkanes) is 1. The fraction of sp³-hybridized carbons (Fsp3) is 0.667. The summed E-state index contributed by atoms with van der Waals surface area (Å²) in [5.74, 6) is 0. The largest absolute Gasteiger partial charge is 0.350 e. The molecule has 0 fully saturated rings. The Balaban J connectivity index is 2.90. The summed E-state index contributed by atoms with van der Waals surface area (Å²) in [6, 6.07) is 0. The van der Waals surface area contributed by atoms with Crippen LogP contribution in [0.5, 0.6) is 0 Å². The van der Waals surface area contributed by atoms with Crippen molar-refractivity contribution in [2.45, 2.75) is 12.8 Å². The Hall–Kier alpha value is -0.770. The third kappa shape index (κ3) is 7.23. The van der Waals surface area contributed by atoms with Gasteiger partial charge in [0.1, 0.15) is 0 Å². The lowest BCUT2D eigenvalue weighted by molar-refractivity contribution is 0.0574. The Labute approximate surface area is 59.6 Å². The maximum absolute atomic E-state index is 11.3. The molecule has 4 heteroatoms. The lowest BCUT2D eigenvalue weighted by Crippen LogP contribution is -1.91. The van der Waals surface area contributed by atoms with Crippen molar-refractivity contribution in [2.75, 3.05) is 13.5 Å². The third-order valence-electron chi connectivity index (χ3n) is 0.862. The topological polar surface area (TPSA) is 34.0 Å². The summed E-state index contributed by atoms with van der Waals surface area (Å²) in [6.45, 7) is 2.87. The van der Waals surface area contributed by atoms with Crippen molar-refractivity contribution in [3.63, 3.8) is 0 Å². The quantitative estimate of drug-likeness (QED) is 0.317. The van der Waals surface area contributed by atoms with Crippen molar-refractivity contribution >= 4 is 12.9 Å². The van der Waals surface area contributed by atoms with Crippen LogP contribution in [-0.2, 0) is 4.74 Å². The van der Waals surface area contributed by atoms with E-state index in [9.17, 15) is 4.39 Å². The zero-order valence-corrected chi connectivity index (χ0v) is 5.79. The van der Waals surface area contributed by atoms with E-state index in [1.165, 1.54) is 0 Å². The molecule has 0 aliphatic heterocycles. The van der Waals surface area contributed by atoms with Gasteiger partial charge in [0, 0.05) is 12.9 Å². The molecular weight excluding hydrogens is 135 g/mol. The van der Waals surface area contributed by atoms with Crippen molar-refractivity contribution in [2.24, 2.45) is 10.2 Å². The van der Waals surface area contributed by atoms with Crippen LogP contribution in [0.25, 0.3) is 0 Å². The van der Waals surface area contributed by atoms with Crippen LogP contribution in [0.4, 0.5) is 4.39 Å². The Morgan fingerprint density at radius 1 is 1.60 bits per heavy atom. The standard InChI is InChI=1S/C6H11FN2O/c1-8-9-4-2-3-5-10-6-7/h4H,1-3,5-6H2/b9-4+. The molecule has 58 valence electrons. The molecule has 0 spiro atoms. The van der Waals surface area contributed by atoms with E-state index in [-0.39, 0.29) is 0 Å². The minimum absolute atomic E-state index is 0.430. The van der Waals surface area contributed by atoms with Crippen molar-refractivity contribution < 1.29 is 9.13 Å². The minimum Gasteiger partial charge on any atom is -0.350 e. The van der Waals surface area contributed by atoms with Crippen LogP contribution in [0.2, 0.25) is 0 Å². The van der Waals surface area contributed by atoms with Crippen molar-refractivity contribution in [1.82, 2.24) is 0 Å². The van der Waals surface area contributed by atoms with Gasteiger partial charge in [-0.3, -0.25) is 0 Å². The molecule has 0 atom stereocenters. The zero-order chi connectivity index (χ0) is 7.66. The smallest absolute Gasteiger partial charge is 0.188 e. The van der Waals surface area contributed by atoms with E-state index >= 15 is 0 Å². The molecule has 0 amide bonds. The number of ether oxygens (including phenoxy) is 1. The molecule has 0 unspecified atom stereocenters. The lowest BCUT2D eigenvalue weighted by atomic mass is 10.3. The Morgan fingerprint density at radius 3 is 3.00 bits per heavy atom. The van der Waals surface area contributed by atoms with E-state index < -0.39 is 6.86 Å². The molecule has 0 radical (unpaired) electrons. The minimum atomic E-state index is -0.711. The predicted octanol–water partition coefficient (Wildman–Crippen LogP) is 1.40. The Bertz CT molecular complexity index is 106. The van der Waals surface area contributed by atoms with Crippen LogP contribution in [-0.4, -0.2) is 26.4 Å². The maximum Gasteiger partial charge on any atom is 0.188 e. The molecule has 0 N–H and O–H groups in total. The first-order valence-corrected chi connectivity index (χ1v) is 3.03. The van der Waals surface area contributed by atoms with Gasteiger partial charge in [0.05, 0.1) is 6.61 Å². The highest BCUT2D eigenvalue weighted by atomic mass is 19.1. The van der Waals surface area contributed by atoms with Crippen molar-refractivity contribution in [3.05, 3.63) is 0 Å². The SMILES string of the molecule is C=N/N=C/CCCOCF. The highest BCUT2D eigenvalue weighted by Gasteiger charge is 1.83. The van der Waals surface area contributed by atoms with E-state index in [0.29, 0.717) is 6.61 Å². The second kappa shape index (κ2) is 8.23. The average Bonchev–Trinajstić information content (AvgIpc) is 1.97. The van der Waals surface area contributed by atoms with Gasteiger partial charge in [-0.05, 0) is 12.8 Å². The van der Waals surface area contributed by atoms with Gasteiger partial charge in [-0.25, -0.2) is 4.39 Å². The molecular formula is C6H11FN2O. The summed E-state index contributed by atoms with van der Waals surface area (Å²) in [4.78, 5) is 0. The van der Waals surface area contributed by atoms with E-state index in [1.54, 1.807) is 6.21 Å². The normalized spacial score (nSPS) is 10.5. The molecule has 0 aromatic carbocycles. The highest BCUT2D eigenvalue weighted by Crippen LogP contribution is 1.87. The van der Waals surface area contributed by atoms with Gasteiger partial charge >= 0.3 is 0 Å². The third-order valence-corrected chi connectivity index (χ3v) is 0.862. The van der Waals surface area contributed by atoms with Gasteiger partial charge in [-0.1, -0.05) is 0 Å². The van der Waals surface area contributed by atoms with Crippen LogP contribution in [0, 0.1) is 0 Å². The van der Waals surface area contributed by atoms with E-state index in [1.807, 2.05) is 0 Å². The van der Waals surface area contributed by atoms with Crippen LogP contribution >= 0.6 is 0 Å². The number of alkyl halides is 1. The summed E-state index contributed by atoms with van der Waals surface area (Å²) in [5, 5.41) is 6.77. The molecule has 0 aliphatic rings. The second-order valence-corrected chi connectivity index (χ2v) is 1.60. The molecule has 3 nitrogen and oxygen atoms in total. The summed E-state index contributed by atoms with van der Waals surface area (Å²) >= 11 is 0. The average molecular weight is 146 g/mol. The molecule has 0 heterocycles. The van der Waals surface area contributed by atoms with Crippen LogP contribution in [0.15, 0.2) is 10.2 Å². The van der Waals surface area contributed by atoms with Crippen LogP contribution < -0.4 is 0 Å². The van der Waals surface area contributed by atoms with Crippen LogP contribution in [0.3, 0.4) is 0 Å². The molecule has 0 rings (SSSR count). The number of rotatable bonds is 6. The molecule has 0 bridgehead atoms. The van der Waals surface area contributed by atoms with Gasteiger partial charge in [0.15, 0.2) is 6.86 Å². The van der Waals surface area contributed by atoms with Crippen LogP contribution in [0.1, 0.15) is 12.8 Å². The highest BCUT2D eigenvalue weighted by molar-refractivity contribution is 5.57. The fourth-order valence-corrected chi connectivity index (χ4v) is 0.447. The molecule has 10 heavy (non-hydrogen) atoms. The van der Waals surface area contributed by atoms with Crippen molar-refractivity contribution in [3.8, 4) is 0 Å². The summed E-state index contributed by atoms with van der Waals surface area (Å²) in [6.07, 6.45) is 3.14. The van der Waals surface area contributed by atoms with E-state index in [4.69, 9.17) is 0 Å². The Morgan fingerprint density at radius 2 is 2.40 bits per heavy atom. The second-order valence-electron chi connectivity index (χ2n) is 1.60. The molecule has 0 aromatic rings. The van der Waals surface area contributed by atoms with Gasteiger partial charge in [0.2, 0.25) is 0 Å². The maximum atomic E-state index is 11.3. The monoisotopic (exact) mass is 146 g/mol. The van der Waals surface area contributed by atoms with E-state index in [0.717, 1.165) is 12.8 Å². The van der Waals surface area contributed by atoms with Gasteiger partial charge < -0.3 is 4.74 Å². The molecule has 0 aromatic heterocycles.